The summed E-state index contributed by atoms with van der Waals surface area (Å²) in [6.45, 7) is 0.780. The zero-order valence-corrected chi connectivity index (χ0v) is 12.1. The third kappa shape index (κ3) is 2.78. The van der Waals surface area contributed by atoms with Gasteiger partial charge in [0, 0.05) is 5.92 Å². The number of rotatable bonds is 4. The minimum Gasteiger partial charge on any atom is -0.366 e. The quantitative estimate of drug-likeness (QED) is 0.804. The molecule has 21 heavy (non-hydrogen) atoms. The van der Waals surface area contributed by atoms with E-state index in [2.05, 4.69) is 9.97 Å². The number of amides is 1. The van der Waals surface area contributed by atoms with E-state index in [9.17, 15) is 4.79 Å². The molecule has 5 N–H and O–H groups in total. The van der Waals surface area contributed by atoms with Crippen molar-refractivity contribution in [1.29, 1.82) is 0 Å². The topological polar surface area (TPSA) is 97.8 Å². The van der Waals surface area contributed by atoms with E-state index in [4.69, 9.17) is 11.5 Å². The number of para-hydroxylation sites is 1. The zero-order valence-electron chi connectivity index (χ0n) is 12.1. The third-order valence-corrected chi connectivity index (χ3v) is 4.60. The molecule has 5 heteroatoms. The van der Waals surface area contributed by atoms with Crippen LogP contribution < -0.4 is 11.5 Å². The van der Waals surface area contributed by atoms with Crippen LogP contribution >= 0.6 is 0 Å². The molecule has 0 unspecified atom stereocenters. The van der Waals surface area contributed by atoms with E-state index < -0.39 is 5.91 Å². The molecule has 1 aromatic heterocycles. The summed E-state index contributed by atoms with van der Waals surface area (Å²) in [7, 11) is 0. The van der Waals surface area contributed by atoms with Gasteiger partial charge in [0.15, 0.2) is 0 Å². The number of fused-ring (bicyclic) bond motifs is 1. The van der Waals surface area contributed by atoms with Gasteiger partial charge in [-0.1, -0.05) is 6.07 Å². The van der Waals surface area contributed by atoms with Gasteiger partial charge < -0.3 is 16.5 Å². The van der Waals surface area contributed by atoms with Crippen molar-refractivity contribution in [3.63, 3.8) is 0 Å². The first-order valence-electron chi connectivity index (χ1n) is 7.67. The van der Waals surface area contributed by atoms with Gasteiger partial charge in [0.25, 0.3) is 5.91 Å². The Morgan fingerprint density at radius 1 is 1.29 bits per heavy atom. The molecular weight excluding hydrogens is 264 g/mol. The van der Waals surface area contributed by atoms with Crippen LogP contribution in [0.4, 0.5) is 0 Å². The van der Waals surface area contributed by atoms with Crippen LogP contribution in [0.3, 0.4) is 0 Å². The maximum atomic E-state index is 11.5. The molecule has 2 aromatic rings. The van der Waals surface area contributed by atoms with Crippen LogP contribution in [-0.4, -0.2) is 22.4 Å². The number of hydrogen-bond donors (Lipinski definition) is 3. The SMILES string of the molecule is NCCC1CCC(c2nc3c(C(N)=O)cccc3[nH]2)CC1. The van der Waals surface area contributed by atoms with Gasteiger partial charge in [0.2, 0.25) is 0 Å². The summed E-state index contributed by atoms with van der Waals surface area (Å²) >= 11 is 0. The number of aromatic amines is 1. The lowest BCUT2D eigenvalue weighted by molar-refractivity contribution is 0.100. The van der Waals surface area contributed by atoms with E-state index in [1.165, 1.54) is 12.8 Å². The molecule has 1 amide bonds. The summed E-state index contributed by atoms with van der Waals surface area (Å²) in [6, 6.07) is 5.51. The number of carbonyl (C=O) groups is 1. The Balaban J connectivity index is 1.82. The van der Waals surface area contributed by atoms with E-state index in [1.807, 2.05) is 12.1 Å². The Morgan fingerprint density at radius 3 is 2.71 bits per heavy atom. The number of H-pyrrole nitrogens is 1. The van der Waals surface area contributed by atoms with Crippen molar-refractivity contribution >= 4 is 16.9 Å². The average molecular weight is 286 g/mol. The monoisotopic (exact) mass is 286 g/mol. The van der Waals surface area contributed by atoms with Crippen molar-refractivity contribution in [3.8, 4) is 0 Å². The van der Waals surface area contributed by atoms with Crippen molar-refractivity contribution in [1.82, 2.24) is 9.97 Å². The maximum absolute atomic E-state index is 11.5. The smallest absolute Gasteiger partial charge is 0.250 e. The highest BCUT2D eigenvalue weighted by atomic mass is 16.1. The first-order chi connectivity index (χ1) is 10.2. The Labute approximate surface area is 124 Å². The second-order valence-corrected chi connectivity index (χ2v) is 5.98. The number of nitrogens with two attached hydrogens (primary N) is 2. The number of aromatic nitrogens is 2. The number of imidazole rings is 1. The van der Waals surface area contributed by atoms with Gasteiger partial charge in [-0.05, 0) is 56.7 Å². The number of carbonyl (C=O) groups excluding carboxylic acids is 1. The summed E-state index contributed by atoms with van der Waals surface area (Å²) in [6.07, 6.45) is 5.81. The molecule has 112 valence electrons. The van der Waals surface area contributed by atoms with Crippen molar-refractivity contribution in [3.05, 3.63) is 29.6 Å². The Hall–Kier alpha value is -1.88. The number of primary amides is 1. The lowest BCUT2D eigenvalue weighted by Crippen LogP contribution is -2.17. The predicted molar refractivity (Wildman–Crippen MR) is 83.0 cm³/mol. The molecule has 1 heterocycles. The first-order valence-corrected chi connectivity index (χ1v) is 7.67. The second-order valence-electron chi connectivity index (χ2n) is 5.98. The number of hydrogen-bond acceptors (Lipinski definition) is 3. The summed E-state index contributed by atoms with van der Waals surface area (Å²) < 4.78 is 0. The highest BCUT2D eigenvalue weighted by molar-refractivity contribution is 6.04. The Bertz CT molecular complexity index is 641. The normalized spacial score (nSPS) is 22.5. The van der Waals surface area contributed by atoms with Crippen molar-refractivity contribution in [2.75, 3.05) is 6.54 Å². The summed E-state index contributed by atoms with van der Waals surface area (Å²) in [5, 5.41) is 0. The number of nitrogens with zero attached hydrogens (tertiary/aromatic N) is 1. The van der Waals surface area contributed by atoms with Gasteiger partial charge in [0.05, 0.1) is 11.1 Å². The largest absolute Gasteiger partial charge is 0.366 e. The minimum absolute atomic E-state index is 0.426. The second kappa shape index (κ2) is 5.85. The Kier molecular flexibility index (Phi) is 3.92. The molecule has 1 saturated carbocycles. The van der Waals surface area contributed by atoms with Gasteiger partial charge >= 0.3 is 0 Å². The molecule has 5 nitrogen and oxygen atoms in total. The van der Waals surface area contributed by atoms with Crippen LogP contribution in [0.2, 0.25) is 0 Å². The average Bonchev–Trinajstić information content (AvgIpc) is 2.92. The molecule has 0 aliphatic heterocycles. The van der Waals surface area contributed by atoms with Crippen molar-refractivity contribution < 1.29 is 4.79 Å². The van der Waals surface area contributed by atoms with Gasteiger partial charge in [0.1, 0.15) is 11.3 Å². The lowest BCUT2D eigenvalue weighted by Gasteiger charge is -2.26. The molecular formula is C16H22N4O. The van der Waals surface area contributed by atoms with Crippen LogP contribution in [0.1, 0.15) is 54.2 Å². The summed E-state index contributed by atoms with van der Waals surface area (Å²) in [5.74, 6) is 1.78. The van der Waals surface area contributed by atoms with E-state index in [-0.39, 0.29) is 0 Å². The van der Waals surface area contributed by atoms with Gasteiger partial charge in [-0.25, -0.2) is 4.98 Å². The standard InChI is InChI=1S/C16H22N4O/c17-9-8-10-4-6-11(7-5-10)16-19-13-3-1-2-12(15(18)21)14(13)20-16/h1-3,10-11H,4-9,17H2,(H2,18,21)(H,19,20). The van der Waals surface area contributed by atoms with Crippen LogP contribution in [0.25, 0.3) is 11.0 Å². The van der Waals surface area contributed by atoms with E-state index >= 15 is 0 Å². The Morgan fingerprint density at radius 2 is 2.05 bits per heavy atom. The lowest BCUT2D eigenvalue weighted by atomic mass is 9.80. The van der Waals surface area contributed by atoms with Crippen LogP contribution in [0, 0.1) is 5.92 Å². The van der Waals surface area contributed by atoms with E-state index in [0.717, 1.165) is 43.1 Å². The van der Waals surface area contributed by atoms with Crippen molar-refractivity contribution in [2.45, 2.75) is 38.0 Å². The molecule has 0 spiro atoms. The van der Waals surface area contributed by atoms with Gasteiger partial charge in [-0.3, -0.25) is 4.79 Å². The van der Waals surface area contributed by atoms with E-state index in [0.29, 0.717) is 17.0 Å². The number of benzene rings is 1. The molecule has 0 saturated heterocycles. The highest BCUT2D eigenvalue weighted by Gasteiger charge is 2.24. The summed E-state index contributed by atoms with van der Waals surface area (Å²) in [4.78, 5) is 19.5. The van der Waals surface area contributed by atoms with Gasteiger partial charge in [-0.2, -0.15) is 0 Å². The summed E-state index contributed by atoms with van der Waals surface area (Å²) in [5.41, 5.74) is 13.1. The fourth-order valence-corrected chi connectivity index (χ4v) is 3.40. The van der Waals surface area contributed by atoms with Crippen LogP contribution in [0.5, 0.6) is 0 Å². The van der Waals surface area contributed by atoms with Crippen molar-refractivity contribution in [2.24, 2.45) is 17.4 Å². The molecule has 1 fully saturated rings. The zero-order chi connectivity index (χ0) is 14.8. The molecule has 1 aliphatic rings. The third-order valence-electron chi connectivity index (χ3n) is 4.60. The number of nitrogens with one attached hydrogen (secondary N) is 1. The van der Waals surface area contributed by atoms with Crippen LogP contribution in [0.15, 0.2) is 18.2 Å². The molecule has 3 rings (SSSR count). The highest BCUT2D eigenvalue weighted by Crippen LogP contribution is 2.36. The molecule has 1 aliphatic carbocycles. The maximum Gasteiger partial charge on any atom is 0.250 e. The molecule has 0 radical (unpaired) electrons. The minimum atomic E-state index is -0.426. The molecule has 0 bridgehead atoms. The predicted octanol–water partition coefficient (Wildman–Crippen LogP) is 2.28. The van der Waals surface area contributed by atoms with Gasteiger partial charge in [-0.15, -0.1) is 0 Å². The fourth-order valence-electron chi connectivity index (χ4n) is 3.40. The van der Waals surface area contributed by atoms with E-state index in [1.54, 1.807) is 6.07 Å². The molecule has 1 aromatic carbocycles. The fraction of sp³-hybridized carbons (Fsp3) is 0.500. The van der Waals surface area contributed by atoms with Crippen LogP contribution in [-0.2, 0) is 0 Å². The molecule has 0 atom stereocenters. The first kappa shape index (κ1) is 14.1.